The van der Waals surface area contributed by atoms with Crippen LogP contribution in [0.3, 0.4) is 0 Å². The number of carbonyl (C=O) groups is 1. The van der Waals surface area contributed by atoms with E-state index in [-0.39, 0.29) is 17.7 Å². The summed E-state index contributed by atoms with van der Waals surface area (Å²) < 4.78 is 23.4. The van der Waals surface area contributed by atoms with Crippen LogP contribution in [0.15, 0.2) is 24.3 Å². The first-order chi connectivity index (χ1) is 9.13. The topological polar surface area (TPSA) is 35.5 Å². The average Bonchev–Trinajstić information content (AvgIpc) is 2.41. The monoisotopic (exact) mass is 268 g/mol. The minimum absolute atomic E-state index is 0.0149. The third-order valence-electron chi connectivity index (χ3n) is 2.67. The van der Waals surface area contributed by atoms with Crippen molar-refractivity contribution in [3.8, 4) is 0 Å². The molecule has 0 fully saturated rings. The number of ketones is 1. The van der Waals surface area contributed by atoms with Crippen LogP contribution in [-0.4, -0.2) is 31.7 Å². The number of halogens is 1. The minimum Gasteiger partial charge on any atom is -0.379 e. The van der Waals surface area contributed by atoms with Crippen molar-refractivity contribution in [3.63, 3.8) is 0 Å². The Morgan fingerprint density at radius 1 is 1.32 bits per heavy atom. The Morgan fingerprint density at radius 3 is 2.63 bits per heavy atom. The lowest BCUT2D eigenvalue weighted by Gasteiger charge is -2.12. The molecule has 1 aromatic rings. The molecule has 0 aromatic heterocycles. The smallest absolute Gasteiger partial charge is 0.162 e. The first-order valence-electron chi connectivity index (χ1n) is 6.61. The summed E-state index contributed by atoms with van der Waals surface area (Å²) in [6, 6.07) is 5.62. The Labute approximate surface area is 113 Å². The van der Waals surface area contributed by atoms with Crippen LogP contribution in [0.1, 0.15) is 37.0 Å². The van der Waals surface area contributed by atoms with Gasteiger partial charge >= 0.3 is 0 Å². The second-order valence-electron chi connectivity index (χ2n) is 4.37. The molecule has 0 radical (unpaired) electrons. The van der Waals surface area contributed by atoms with E-state index < -0.39 is 0 Å². The number of benzene rings is 1. The lowest BCUT2D eigenvalue weighted by atomic mass is 10.1. The Bertz CT molecular complexity index is 375. The Kier molecular flexibility index (Phi) is 7.30. The molecule has 0 aliphatic rings. The maximum atomic E-state index is 12.7. The standard InChI is InChI=1S/C15H21FO3/c1-3-18-11-12(2)19-10-4-5-15(17)13-6-8-14(16)9-7-13/h6-9,12H,3-5,10-11H2,1-2H3. The molecule has 0 heterocycles. The highest BCUT2D eigenvalue weighted by atomic mass is 19.1. The van der Waals surface area contributed by atoms with Crippen LogP contribution in [0.4, 0.5) is 4.39 Å². The van der Waals surface area contributed by atoms with Crippen molar-refractivity contribution >= 4 is 5.78 Å². The quantitative estimate of drug-likeness (QED) is 0.509. The summed E-state index contributed by atoms with van der Waals surface area (Å²) in [5.41, 5.74) is 0.545. The largest absolute Gasteiger partial charge is 0.379 e. The van der Waals surface area contributed by atoms with Gasteiger partial charge in [0.05, 0.1) is 12.7 Å². The molecule has 19 heavy (non-hydrogen) atoms. The van der Waals surface area contributed by atoms with Gasteiger partial charge in [0.15, 0.2) is 5.78 Å². The van der Waals surface area contributed by atoms with Gasteiger partial charge in [-0.3, -0.25) is 4.79 Å². The van der Waals surface area contributed by atoms with Gasteiger partial charge in [0, 0.05) is 25.2 Å². The maximum Gasteiger partial charge on any atom is 0.162 e. The van der Waals surface area contributed by atoms with Crippen LogP contribution >= 0.6 is 0 Å². The van der Waals surface area contributed by atoms with E-state index in [1.165, 1.54) is 24.3 Å². The summed E-state index contributed by atoms with van der Waals surface area (Å²) >= 11 is 0. The van der Waals surface area contributed by atoms with Gasteiger partial charge in [-0.05, 0) is 44.5 Å². The van der Waals surface area contributed by atoms with E-state index in [0.29, 0.717) is 38.2 Å². The summed E-state index contributed by atoms with van der Waals surface area (Å²) in [6.07, 6.45) is 1.11. The number of carbonyl (C=O) groups excluding carboxylic acids is 1. The van der Waals surface area contributed by atoms with Gasteiger partial charge in [0.1, 0.15) is 5.82 Å². The second-order valence-corrected chi connectivity index (χ2v) is 4.37. The fourth-order valence-electron chi connectivity index (χ4n) is 1.63. The number of ether oxygens (including phenoxy) is 2. The molecule has 0 amide bonds. The van der Waals surface area contributed by atoms with Gasteiger partial charge in [-0.15, -0.1) is 0 Å². The number of rotatable bonds is 9. The minimum atomic E-state index is -0.329. The lowest BCUT2D eigenvalue weighted by molar-refractivity contribution is -0.00422. The SMILES string of the molecule is CCOCC(C)OCCCC(=O)c1ccc(F)cc1. The maximum absolute atomic E-state index is 12.7. The van der Waals surface area contributed by atoms with Crippen molar-refractivity contribution < 1.29 is 18.7 Å². The second kappa shape index (κ2) is 8.77. The first kappa shape index (κ1) is 15.8. The van der Waals surface area contributed by atoms with Crippen molar-refractivity contribution in [3.05, 3.63) is 35.6 Å². The molecule has 0 aliphatic carbocycles. The van der Waals surface area contributed by atoms with E-state index in [1.807, 2.05) is 13.8 Å². The summed E-state index contributed by atoms with van der Waals surface area (Å²) in [5.74, 6) is -0.314. The van der Waals surface area contributed by atoms with Gasteiger partial charge in [-0.2, -0.15) is 0 Å². The molecular weight excluding hydrogens is 247 g/mol. The Hall–Kier alpha value is -1.26. The van der Waals surface area contributed by atoms with Crippen LogP contribution in [0.5, 0.6) is 0 Å². The van der Waals surface area contributed by atoms with Gasteiger partial charge < -0.3 is 9.47 Å². The molecule has 1 unspecified atom stereocenters. The first-order valence-corrected chi connectivity index (χ1v) is 6.61. The van der Waals surface area contributed by atoms with E-state index in [4.69, 9.17) is 9.47 Å². The van der Waals surface area contributed by atoms with Gasteiger partial charge in [-0.1, -0.05) is 0 Å². The zero-order valence-electron chi connectivity index (χ0n) is 11.5. The molecule has 106 valence electrons. The van der Waals surface area contributed by atoms with Crippen molar-refractivity contribution in [2.75, 3.05) is 19.8 Å². The predicted octanol–water partition coefficient (Wildman–Crippen LogP) is 3.23. The highest BCUT2D eigenvalue weighted by Gasteiger charge is 2.07. The molecule has 4 heteroatoms. The molecule has 0 aliphatic heterocycles. The highest BCUT2D eigenvalue weighted by molar-refractivity contribution is 5.95. The third kappa shape index (κ3) is 6.45. The van der Waals surface area contributed by atoms with Crippen LogP contribution in [0.2, 0.25) is 0 Å². The fourth-order valence-corrected chi connectivity index (χ4v) is 1.63. The average molecular weight is 268 g/mol. The molecule has 3 nitrogen and oxygen atoms in total. The zero-order valence-corrected chi connectivity index (χ0v) is 11.5. The number of Topliss-reactive ketones (excluding diaryl/α,β-unsaturated/α-hetero) is 1. The summed E-state index contributed by atoms with van der Waals surface area (Å²) in [7, 11) is 0. The van der Waals surface area contributed by atoms with Crippen molar-refractivity contribution in [1.82, 2.24) is 0 Å². The molecule has 1 rings (SSSR count). The normalized spacial score (nSPS) is 12.4. The van der Waals surface area contributed by atoms with Crippen LogP contribution in [0, 0.1) is 5.82 Å². The van der Waals surface area contributed by atoms with Gasteiger partial charge in [0.2, 0.25) is 0 Å². The van der Waals surface area contributed by atoms with Gasteiger partial charge in [-0.25, -0.2) is 4.39 Å². The summed E-state index contributed by atoms with van der Waals surface area (Å²) in [5, 5.41) is 0. The zero-order chi connectivity index (χ0) is 14.1. The molecule has 0 bridgehead atoms. The molecule has 0 N–H and O–H groups in total. The van der Waals surface area contributed by atoms with E-state index in [0.717, 1.165) is 0 Å². The summed E-state index contributed by atoms with van der Waals surface area (Å²) in [4.78, 5) is 11.8. The predicted molar refractivity (Wildman–Crippen MR) is 71.9 cm³/mol. The molecule has 1 aromatic carbocycles. The Morgan fingerprint density at radius 2 is 2.00 bits per heavy atom. The van der Waals surface area contributed by atoms with E-state index in [2.05, 4.69) is 0 Å². The summed E-state index contributed by atoms with van der Waals surface area (Å²) in [6.45, 7) is 5.66. The van der Waals surface area contributed by atoms with Crippen LogP contribution in [0.25, 0.3) is 0 Å². The molecule has 1 atom stereocenters. The van der Waals surface area contributed by atoms with E-state index in [1.54, 1.807) is 0 Å². The molecule has 0 saturated heterocycles. The fraction of sp³-hybridized carbons (Fsp3) is 0.533. The van der Waals surface area contributed by atoms with Crippen molar-refractivity contribution in [2.45, 2.75) is 32.8 Å². The van der Waals surface area contributed by atoms with Crippen molar-refractivity contribution in [2.24, 2.45) is 0 Å². The van der Waals surface area contributed by atoms with Crippen molar-refractivity contribution in [1.29, 1.82) is 0 Å². The van der Waals surface area contributed by atoms with E-state index >= 15 is 0 Å². The van der Waals surface area contributed by atoms with E-state index in [9.17, 15) is 9.18 Å². The lowest BCUT2D eigenvalue weighted by Crippen LogP contribution is -2.17. The highest BCUT2D eigenvalue weighted by Crippen LogP contribution is 2.07. The number of hydrogen-bond donors (Lipinski definition) is 0. The molecular formula is C15H21FO3. The van der Waals surface area contributed by atoms with Crippen LogP contribution < -0.4 is 0 Å². The molecule has 0 spiro atoms. The van der Waals surface area contributed by atoms with Crippen LogP contribution in [-0.2, 0) is 9.47 Å². The number of hydrogen-bond acceptors (Lipinski definition) is 3. The Balaban J connectivity index is 2.18. The third-order valence-corrected chi connectivity index (χ3v) is 2.67. The molecule has 0 saturated carbocycles. The van der Waals surface area contributed by atoms with Gasteiger partial charge in [0.25, 0.3) is 0 Å².